The average Bonchev–Trinajstić information content (AvgIpc) is 3.43. The lowest BCUT2D eigenvalue weighted by molar-refractivity contribution is -0.127. The highest BCUT2D eigenvalue weighted by Gasteiger charge is 2.24. The summed E-state index contributed by atoms with van der Waals surface area (Å²) in [4.78, 5) is 16.7. The summed E-state index contributed by atoms with van der Waals surface area (Å²) in [6.45, 7) is 4.54. The van der Waals surface area contributed by atoms with Gasteiger partial charge in [0.1, 0.15) is 0 Å². The Hall–Kier alpha value is -2.51. The molecule has 0 unspecified atom stereocenters. The van der Waals surface area contributed by atoms with Crippen molar-refractivity contribution in [2.45, 2.75) is 31.5 Å². The second-order valence-electron chi connectivity index (χ2n) is 7.79. The normalized spacial score (nSPS) is 13.6. The van der Waals surface area contributed by atoms with Crippen molar-refractivity contribution in [1.29, 1.82) is 0 Å². The quantitative estimate of drug-likeness (QED) is 0.488. The minimum Gasteiger partial charge on any atom is -0.341 e. The lowest BCUT2D eigenvalue weighted by atomic mass is 10.1. The molecule has 0 aliphatic carbocycles. The molecule has 3 aromatic rings. The van der Waals surface area contributed by atoms with Crippen molar-refractivity contribution >= 4 is 35.2 Å². The number of para-hydroxylation sites is 1. The summed E-state index contributed by atoms with van der Waals surface area (Å²) in [6, 6.07) is 15.9. The zero-order valence-electron chi connectivity index (χ0n) is 17.8. The Morgan fingerprint density at radius 3 is 2.52 bits per heavy atom. The first-order valence-corrected chi connectivity index (χ1v) is 11.8. The second kappa shape index (κ2) is 9.75. The van der Waals surface area contributed by atoms with Gasteiger partial charge in [0.05, 0.1) is 16.5 Å². The number of nitrogens with zero attached hydrogens (tertiary/aromatic N) is 5. The predicted molar refractivity (Wildman–Crippen MR) is 126 cm³/mol. The average molecular weight is 456 g/mol. The van der Waals surface area contributed by atoms with Gasteiger partial charge < -0.3 is 9.80 Å². The van der Waals surface area contributed by atoms with E-state index in [0.29, 0.717) is 16.7 Å². The van der Waals surface area contributed by atoms with Crippen LogP contribution in [0, 0.1) is 6.92 Å². The van der Waals surface area contributed by atoms with Crippen LogP contribution in [-0.4, -0.2) is 51.5 Å². The molecule has 162 valence electrons. The Labute approximate surface area is 192 Å². The molecule has 0 radical (unpaired) electrons. The van der Waals surface area contributed by atoms with Crippen LogP contribution < -0.4 is 4.90 Å². The van der Waals surface area contributed by atoms with Crippen LogP contribution in [0.3, 0.4) is 0 Å². The van der Waals surface area contributed by atoms with Crippen LogP contribution in [0.5, 0.6) is 0 Å². The van der Waals surface area contributed by atoms with Gasteiger partial charge in [0.25, 0.3) is 0 Å². The van der Waals surface area contributed by atoms with E-state index in [0.717, 1.165) is 43.1 Å². The first kappa shape index (κ1) is 21.7. The van der Waals surface area contributed by atoms with Crippen LogP contribution in [0.4, 0.5) is 5.95 Å². The Balaban J connectivity index is 1.51. The molecule has 2 heterocycles. The van der Waals surface area contributed by atoms with Gasteiger partial charge in [-0.15, -0.1) is 10.2 Å². The van der Waals surface area contributed by atoms with Crippen LogP contribution in [0.1, 0.15) is 24.0 Å². The van der Waals surface area contributed by atoms with Crippen molar-refractivity contribution in [3.8, 4) is 5.69 Å². The van der Waals surface area contributed by atoms with E-state index in [9.17, 15) is 4.79 Å². The Morgan fingerprint density at radius 2 is 1.81 bits per heavy atom. The predicted octanol–water partition coefficient (Wildman–Crippen LogP) is 4.58. The van der Waals surface area contributed by atoms with E-state index >= 15 is 0 Å². The molecule has 1 aromatic heterocycles. The van der Waals surface area contributed by atoms with Gasteiger partial charge >= 0.3 is 0 Å². The molecular formula is C23H26ClN5OS. The summed E-state index contributed by atoms with van der Waals surface area (Å²) < 4.78 is 1.98. The highest BCUT2D eigenvalue weighted by atomic mass is 35.5. The van der Waals surface area contributed by atoms with Gasteiger partial charge in [-0.2, -0.15) is 0 Å². The summed E-state index contributed by atoms with van der Waals surface area (Å²) in [7, 11) is 1.83. The van der Waals surface area contributed by atoms with E-state index < -0.39 is 0 Å². The lowest BCUT2D eigenvalue weighted by Gasteiger charge is -2.20. The standard InChI is InChI=1S/C23H26ClN5OS/c1-17-9-11-18(12-10-17)15-27(2)21(30)16-31-23-26-25-22(28-13-5-6-14-28)29(23)20-8-4-3-7-19(20)24/h3-4,7-12H,5-6,13-16H2,1-2H3. The van der Waals surface area contributed by atoms with E-state index in [1.165, 1.54) is 17.3 Å². The van der Waals surface area contributed by atoms with Gasteiger partial charge in [0.2, 0.25) is 11.9 Å². The van der Waals surface area contributed by atoms with E-state index in [1.807, 2.05) is 35.9 Å². The van der Waals surface area contributed by atoms with Crippen molar-refractivity contribution < 1.29 is 4.79 Å². The van der Waals surface area contributed by atoms with E-state index in [1.54, 1.807) is 4.90 Å². The highest BCUT2D eigenvalue weighted by Crippen LogP contribution is 2.32. The first-order valence-electron chi connectivity index (χ1n) is 10.4. The van der Waals surface area contributed by atoms with Crippen LogP contribution in [0.2, 0.25) is 5.02 Å². The Kier molecular flexibility index (Phi) is 6.83. The maximum Gasteiger partial charge on any atom is 0.233 e. The molecule has 1 saturated heterocycles. The summed E-state index contributed by atoms with van der Waals surface area (Å²) in [6.07, 6.45) is 2.28. The third-order valence-corrected chi connectivity index (χ3v) is 6.62. The molecule has 0 atom stereocenters. The molecule has 1 aliphatic heterocycles. The fourth-order valence-corrected chi connectivity index (χ4v) is 4.71. The van der Waals surface area contributed by atoms with Gasteiger partial charge in [-0.25, -0.2) is 0 Å². The number of aryl methyl sites for hydroxylation is 1. The van der Waals surface area contributed by atoms with Crippen molar-refractivity contribution in [3.05, 3.63) is 64.7 Å². The number of amides is 1. The highest BCUT2D eigenvalue weighted by molar-refractivity contribution is 7.99. The number of carbonyl (C=O) groups is 1. The minimum absolute atomic E-state index is 0.0435. The number of aromatic nitrogens is 3. The molecule has 0 saturated carbocycles. The molecule has 4 rings (SSSR count). The number of halogens is 1. The maximum absolute atomic E-state index is 12.8. The maximum atomic E-state index is 12.8. The minimum atomic E-state index is 0.0435. The van der Waals surface area contributed by atoms with Crippen LogP contribution in [0.25, 0.3) is 5.69 Å². The number of hydrogen-bond donors (Lipinski definition) is 0. The van der Waals surface area contributed by atoms with Crippen LogP contribution in [-0.2, 0) is 11.3 Å². The summed E-state index contributed by atoms with van der Waals surface area (Å²) in [5.74, 6) is 1.11. The number of carbonyl (C=O) groups excluding carboxylic acids is 1. The van der Waals surface area contributed by atoms with Crippen molar-refractivity contribution in [2.24, 2.45) is 0 Å². The van der Waals surface area contributed by atoms with Crippen molar-refractivity contribution in [1.82, 2.24) is 19.7 Å². The zero-order chi connectivity index (χ0) is 21.8. The molecular weight excluding hydrogens is 430 g/mol. The summed E-state index contributed by atoms with van der Waals surface area (Å²) in [5, 5.41) is 10.2. The van der Waals surface area contributed by atoms with Crippen LogP contribution in [0.15, 0.2) is 53.7 Å². The Bertz CT molecular complexity index is 1050. The van der Waals surface area contributed by atoms with E-state index in [2.05, 4.69) is 46.3 Å². The number of thioether (sulfide) groups is 1. The molecule has 0 bridgehead atoms. The molecule has 1 aliphatic rings. The number of hydrogen-bond acceptors (Lipinski definition) is 5. The summed E-state index contributed by atoms with van der Waals surface area (Å²) >= 11 is 7.89. The molecule has 31 heavy (non-hydrogen) atoms. The van der Waals surface area contributed by atoms with E-state index in [-0.39, 0.29) is 11.7 Å². The number of benzene rings is 2. The van der Waals surface area contributed by atoms with E-state index in [4.69, 9.17) is 11.6 Å². The monoisotopic (exact) mass is 455 g/mol. The number of rotatable bonds is 7. The fourth-order valence-electron chi connectivity index (χ4n) is 3.61. The van der Waals surface area contributed by atoms with Gasteiger partial charge in [0, 0.05) is 26.7 Å². The topological polar surface area (TPSA) is 54.3 Å². The Morgan fingerprint density at radius 1 is 1.10 bits per heavy atom. The summed E-state index contributed by atoms with van der Waals surface area (Å²) in [5.41, 5.74) is 3.15. The second-order valence-corrected chi connectivity index (χ2v) is 9.14. The lowest BCUT2D eigenvalue weighted by Crippen LogP contribution is -2.28. The van der Waals surface area contributed by atoms with Crippen molar-refractivity contribution in [2.75, 3.05) is 30.8 Å². The molecule has 2 aromatic carbocycles. The molecule has 1 fully saturated rings. The largest absolute Gasteiger partial charge is 0.341 e. The first-order chi connectivity index (χ1) is 15.0. The fraction of sp³-hybridized carbons (Fsp3) is 0.348. The molecule has 8 heteroatoms. The third kappa shape index (κ3) is 5.05. The van der Waals surface area contributed by atoms with Crippen LogP contribution >= 0.6 is 23.4 Å². The van der Waals surface area contributed by atoms with Gasteiger partial charge in [-0.05, 0) is 37.5 Å². The molecule has 0 N–H and O–H groups in total. The zero-order valence-corrected chi connectivity index (χ0v) is 19.4. The van der Waals surface area contributed by atoms with Crippen molar-refractivity contribution in [3.63, 3.8) is 0 Å². The number of anilines is 1. The SMILES string of the molecule is Cc1ccc(CN(C)C(=O)CSc2nnc(N3CCCC3)n2-c2ccccc2Cl)cc1. The molecule has 0 spiro atoms. The molecule has 6 nitrogen and oxygen atoms in total. The molecule has 1 amide bonds. The smallest absolute Gasteiger partial charge is 0.233 e. The third-order valence-electron chi connectivity index (χ3n) is 5.39. The van der Waals surface area contributed by atoms with Gasteiger partial charge in [-0.3, -0.25) is 9.36 Å². The van der Waals surface area contributed by atoms with Gasteiger partial charge in [0.15, 0.2) is 5.16 Å². The van der Waals surface area contributed by atoms with Gasteiger partial charge in [-0.1, -0.05) is 65.3 Å².